The van der Waals surface area contributed by atoms with Crippen LogP contribution in [0, 0.1) is 17.3 Å². The molecule has 16 heavy (non-hydrogen) atoms. The number of hydrogen-bond acceptors (Lipinski definition) is 2. The second kappa shape index (κ2) is 5.67. The molecule has 0 saturated heterocycles. The van der Waals surface area contributed by atoms with Crippen LogP contribution in [-0.4, -0.2) is 19.0 Å². The van der Waals surface area contributed by atoms with E-state index in [-0.39, 0.29) is 5.91 Å². The second-order valence-corrected chi connectivity index (χ2v) is 6.12. The zero-order valence-corrected chi connectivity index (χ0v) is 10.9. The van der Waals surface area contributed by atoms with E-state index in [1.807, 2.05) is 0 Å². The Kier molecular flexibility index (Phi) is 4.78. The van der Waals surface area contributed by atoms with E-state index in [0.717, 1.165) is 5.92 Å². The molecule has 3 N–H and O–H groups in total. The number of hydrogen-bond donors (Lipinski definition) is 2. The molecule has 3 heteroatoms. The zero-order chi connectivity index (χ0) is 12.2. The van der Waals surface area contributed by atoms with Gasteiger partial charge in [-0.15, -0.1) is 0 Å². The molecular weight excluding hydrogens is 200 g/mol. The topological polar surface area (TPSA) is 55.1 Å². The Morgan fingerprint density at radius 3 is 2.69 bits per heavy atom. The first-order chi connectivity index (χ1) is 7.43. The predicted octanol–water partition coefficient (Wildman–Crippen LogP) is 1.91. The maximum Gasteiger partial charge on any atom is 0.220 e. The average Bonchev–Trinajstić information content (AvgIpc) is 2.11. The maximum atomic E-state index is 11.6. The summed E-state index contributed by atoms with van der Waals surface area (Å²) in [6, 6.07) is 0. The van der Waals surface area contributed by atoms with Gasteiger partial charge in [-0.2, -0.15) is 0 Å². The summed E-state index contributed by atoms with van der Waals surface area (Å²) in [5.74, 6) is 1.47. The molecule has 1 aliphatic rings. The van der Waals surface area contributed by atoms with Crippen molar-refractivity contribution in [1.29, 1.82) is 0 Å². The van der Waals surface area contributed by atoms with Crippen molar-refractivity contribution < 1.29 is 4.79 Å². The normalized spacial score (nSPS) is 28.8. The minimum absolute atomic E-state index is 0.167. The Hall–Kier alpha value is -0.570. The first-order valence-electron chi connectivity index (χ1n) is 6.40. The lowest BCUT2D eigenvalue weighted by atomic mass is 9.67. The molecule has 1 fully saturated rings. The lowest BCUT2D eigenvalue weighted by molar-refractivity contribution is -0.122. The van der Waals surface area contributed by atoms with Crippen LogP contribution in [0.25, 0.3) is 0 Å². The molecule has 0 aromatic heterocycles. The summed E-state index contributed by atoms with van der Waals surface area (Å²) in [4.78, 5) is 11.6. The van der Waals surface area contributed by atoms with Gasteiger partial charge < -0.3 is 11.1 Å². The van der Waals surface area contributed by atoms with Crippen molar-refractivity contribution in [1.82, 2.24) is 5.32 Å². The van der Waals surface area contributed by atoms with Crippen molar-refractivity contribution >= 4 is 5.91 Å². The third-order valence-electron chi connectivity index (χ3n) is 3.42. The monoisotopic (exact) mass is 226 g/mol. The molecule has 3 nitrogen and oxygen atoms in total. The van der Waals surface area contributed by atoms with Gasteiger partial charge >= 0.3 is 0 Å². The number of nitrogens with two attached hydrogens (primary N) is 1. The Bertz CT molecular complexity index is 238. The van der Waals surface area contributed by atoms with Crippen molar-refractivity contribution in [3.05, 3.63) is 0 Å². The minimum atomic E-state index is 0.167. The van der Waals surface area contributed by atoms with Gasteiger partial charge in [0.2, 0.25) is 5.91 Å². The van der Waals surface area contributed by atoms with Crippen molar-refractivity contribution in [2.24, 2.45) is 23.0 Å². The highest BCUT2D eigenvalue weighted by atomic mass is 16.1. The van der Waals surface area contributed by atoms with E-state index >= 15 is 0 Å². The van der Waals surface area contributed by atoms with Crippen LogP contribution < -0.4 is 11.1 Å². The number of carbonyl (C=O) groups is 1. The summed E-state index contributed by atoms with van der Waals surface area (Å²) < 4.78 is 0. The van der Waals surface area contributed by atoms with E-state index in [9.17, 15) is 4.79 Å². The largest absolute Gasteiger partial charge is 0.355 e. The van der Waals surface area contributed by atoms with Crippen molar-refractivity contribution in [2.45, 2.75) is 46.5 Å². The van der Waals surface area contributed by atoms with Crippen LogP contribution in [0.3, 0.4) is 0 Å². The summed E-state index contributed by atoms with van der Waals surface area (Å²) >= 11 is 0. The van der Waals surface area contributed by atoms with Crippen LogP contribution in [0.4, 0.5) is 0 Å². The van der Waals surface area contributed by atoms with Gasteiger partial charge in [0.15, 0.2) is 0 Å². The molecule has 0 heterocycles. The van der Waals surface area contributed by atoms with Gasteiger partial charge in [0.25, 0.3) is 0 Å². The van der Waals surface area contributed by atoms with Crippen LogP contribution in [-0.2, 0) is 4.79 Å². The zero-order valence-electron chi connectivity index (χ0n) is 10.9. The molecule has 0 aromatic carbocycles. The van der Waals surface area contributed by atoms with Crippen LogP contribution in [0.1, 0.15) is 46.5 Å². The Morgan fingerprint density at radius 2 is 2.12 bits per heavy atom. The molecule has 0 radical (unpaired) electrons. The molecule has 2 unspecified atom stereocenters. The van der Waals surface area contributed by atoms with Gasteiger partial charge in [-0.05, 0) is 36.5 Å². The quantitative estimate of drug-likeness (QED) is 0.769. The fraction of sp³-hybridized carbons (Fsp3) is 0.923. The van der Waals surface area contributed by atoms with E-state index < -0.39 is 0 Å². The highest BCUT2D eigenvalue weighted by molar-refractivity contribution is 5.76. The summed E-state index contributed by atoms with van der Waals surface area (Å²) in [6.45, 7) is 8.05. The molecular formula is C13H26N2O. The Morgan fingerprint density at radius 1 is 1.44 bits per heavy atom. The summed E-state index contributed by atoms with van der Waals surface area (Å²) in [5, 5.41) is 2.86. The molecule has 0 aliphatic heterocycles. The van der Waals surface area contributed by atoms with Crippen molar-refractivity contribution in [3.8, 4) is 0 Å². The average molecular weight is 226 g/mol. The summed E-state index contributed by atoms with van der Waals surface area (Å²) in [6.07, 6.45) is 4.33. The Labute approximate surface area is 99.2 Å². The van der Waals surface area contributed by atoms with Crippen LogP contribution in [0.15, 0.2) is 0 Å². The highest BCUT2D eigenvalue weighted by Crippen LogP contribution is 2.42. The molecule has 1 amide bonds. The molecule has 0 spiro atoms. The lowest BCUT2D eigenvalue weighted by Gasteiger charge is -2.38. The molecule has 2 atom stereocenters. The fourth-order valence-electron chi connectivity index (χ4n) is 3.25. The predicted molar refractivity (Wildman–Crippen MR) is 67.0 cm³/mol. The van der Waals surface area contributed by atoms with Gasteiger partial charge in [-0.1, -0.05) is 20.8 Å². The van der Waals surface area contributed by atoms with Crippen molar-refractivity contribution in [2.75, 3.05) is 13.1 Å². The van der Waals surface area contributed by atoms with E-state index in [1.165, 1.54) is 19.3 Å². The molecule has 1 saturated carbocycles. The number of nitrogens with one attached hydrogen (secondary N) is 1. The van der Waals surface area contributed by atoms with E-state index in [2.05, 4.69) is 26.1 Å². The van der Waals surface area contributed by atoms with Crippen molar-refractivity contribution in [3.63, 3.8) is 0 Å². The third-order valence-corrected chi connectivity index (χ3v) is 3.42. The second-order valence-electron chi connectivity index (χ2n) is 6.12. The van der Waals surface area contributed by atoms with E-state index in [1.54, 1.807) is 0 Å². The van der Waals surface area contributed by atoms with E-state index in [4.69, 9.17) is 5.73 Å². The number of rotatable bonds is 4. The van der Waals surface area contributed by atoms with Crippen LogP contribution >= 0.6 is 0 Å². The molecule has 94 valence electrons. The molecule has 0 bridgehead atoms. The van der Waals surface area contributed by atoms with E-state index in [0.29, 0.717) is 30.8 Å². The van der Waals surface area contributed by atoms with Gasteiger partial charge in [-0.3, -0.25) is 4.79 Å². The van der Waals surface area contributed by atoms with Gasteiger partial charge in [-0.25, -0.2) is 0 Å². The van der Waals surface area contributed by atoms with Gasteiger partial charge in [0, 0.05) is 19.5 Å². The fourth-order valence-corrected chi connectivity index (χ4v) is 3.25. The van der Waals surface area contributed by atoms with Crippen LogP contribution in [0.2, 0.25) is 0 Å². The maximum absolute atomic E-state index is 11.6. The summed E-state index contributed by atoms with van der Waals surface area (Å²) in [7, 11) is 0. The summed E-state index contributed by atoms with van der Waals surface area (Å²) in [5.41, 5.74) is 5.76. The smallest absolute Gasteiger partial charge is 0.220 e. The third kappa shape index (κ3) is 4.52. The lowest BCUT2D eigenvalue weighted by Crippen LogP contribution is -2.34. The first-order valence-corrected chi connectivity index (χ1v) is 6.40. The standard InChI is InChI=1S/C13H26N2O/c1-10-6-11(9-13(2,3)8-10)7-12(16)15-5-4-14/h10-11H,4-9,14H2,1-3H3,(H,15,16). The molecule has 1 aliphatic carbocycles. The highest BCUT2D eigenvalue weighted by Gasteiger charge is 2.32. The van der Waals surface area contributed by atoms with Crippen LogP contribution in [0.5, 0.6) is 0 Å². The SMILES string of the molecule is CC1CC(CC(=O)NCCN)CC(C)(C)C1. The van der Waals surface area contributed by atoms with Gasteiger partial charge in [0.05, 0.1) is 0 Å². The Balaban J connectivity index is 2.39. The number of amides is 1. The first kappa shape index (κ1) is 13.5. The molecule has 0 aromatic rings. The minimum Gasteiger partial charge on any atom is -0.355 e. The molecule has 1 rings (SSSR count). The number of carbonyl (C=O) groups excluding carboxylic acids is 1. The van der Waals surface area contributed by atoms with Gasteiger partial charge in [0.1, 0.15) is 0 Å².